The van der Waals surface area contributed by atoms with Gasteiger partial charge in [0, 0.05) is 0 Å². The van der Waals surface area contributed by atoms with E-state index in [0.717, 1.165) is 17.7 Å². The molecule has 0 amide bonds. The third-order valence-electron chi connectivity index (χ3n) is 2.99. The fraction of sp³-hybridized carbons (Fsp3) is 0.133. The number of aryl methyl sites for hydroxylation is 1. The molecule has 0 aliphatic rings. The van der Waals surface area contributed by atoms with Crippen LogP contribution in [0.2, 0.25) is 5.02 Å². The van der Waals surface area contributed by atoms with E-state index >= 15 is 0 Å². The second kappa shape index (κ2) is 5.84. The van der Waals surface area contributed by atoms with Gasteiger partial charge in [0.15, 0.2) is 0 Å². The van der Waals surface area contributed by atoms with Gasteiger partial charge >= 0.3 is 5.37 Å². The van der Waals surface area contributed by atoms with Crippen LogP contribution in [0.1, 0.15) is 16.5 Å². The monoisotopic (exact) mass is 323 g/mol. The minimum absolute atomic E-state index is 0.0366. The molecule has 0 saturated heterocycles. The Morgan fingerprint density at radius 3 is 2.33 bits per heavy atom. The molecular formula is C15H11ClFNO2S. The number of sulfone groups is 1. The fourth-order valence-corrected chi connectivity index (χ4v) is 3.65. The Balaban J connectivity index is 2.55. The SMILES string of the molecule is [C-]#[N+]C(c1ccc(F)cc1Cl)S(=O)(=O)c1ccc(C)cc1. The van der Waals surface area contributed by atoms with E-state index < -0.39 is 21.0 Å². The van der Waals surface area contributed by atoms with Crippen molar-refractivity contribution in [2.75, 3.05) is 0 Å². The van der Waals surface area contributed by atoms with E-state index in [0.29, 0.717) is 0 Å². The number of hydrogen-bond acceptors (Lipinski definition) is 2. The van der Waals surface area contributed by atoms with E-state index in [-0.39, 0.29) is 15.5 Å². The minimum Gasteiger partial charge on any atom is -0.291 e. The van der Waals surface area contributed by atoms with Gasteiger partial charge < -0.3 is 0 Å². The lowest BCUT2D eigenvalue weighted by atomic mass is 10.2. The highest BCUT2D eigenvalue weighted by Crippen LogP contribution is 2.34. The van der Waals surface area contributed by atoms with Crippen molar-refractivity contribution >= 4 is 21.4 Å². The molecule has 0 fully saturated rings. The Hall–Kier alpha value is -1.90. The van der Waals surface area contributed by atoms with Gasteiger partial charge in [-0.3, -0.25) is 4.85 Å². The summed E-state index contributed by atoms with van der Waals surface area (Å²) in [7, 11) is -3.92. The average Bonchev–Trinajstić information content (AvgIpc) is 2.42. The summed E-state index contributed by atoms with van der Waals surface area (Å²) >= 11 is 5.87. The Kier molecular flexibility index (Phi) is 4.31. The second-order valence-corrected chi connectivity index (χ2v) is 6.92. The average molecular weight is 324 g/mol. The summed E-state index contributed by atoms with van der Waals surface area (Å²) in [4.78, 5) is 3.21. The molecule has 2 aromatic rings. The van der Waals surface area contributed by atoms with Gasteiger partial charge in [0.1, 0.15) is 5.82 Å². The summed E-state index contributed by atoms with van der Waals surface area (Å²) in [6, 6.07) is 9.51. The fourth-order valence-electron chi connectivity index (χ4n) is 1.86. The zero-order chi connectivity index (χ0) is 15.6. The van der Waals surface area contributed by atoms with E-state index in [9.17, 15) is 12.8 Å². The molecule has 0 N–H and O–H groups in total. The van der Waals surface area contributed by atoms with Crippen molar-refractivity contribution in [3.8, 4) is 0 Å². The molecule has 108 valence electrons. The van der Waals surface area contributed by atoms with Gasteiger partial charge in [0.25, 0.3) is 9.84 Å². The molecule has 2 rings (SSSR count). The lowest BCUT2D eigenvalue weighted by Crippen LogP contribution is -2.11. The third-order valence-corrected chi connectivity index (χ3v) is 5.19. The van der Waals surface area contributed by atoms with Crippen molar-refractivity contribution in [2.45, 2.75) is 17.2 Å². The highest BCUT2D eigenvalue weighted by atomic mass is 35.5. The summed E-state index contributed by atoms with van der Waals surface area (Å²) in [6.45, 7) is 9.02. The third kappa shape index (κ3) is 3.07. The molecule has 0 bridgehead atoms. The van der Waals surface area contributed by atoms with Gasteiger partial charge in [-0.15, -0.1) is 0 Å². The normalized spacial score (nSPS) is 12.7. The standard InChI is InChI=1S/C15H11ClFNO2S/c1-10-3-6-12(7-4-10)21(19,20)15(18-2)13-8-5-11(17)9-14(13)16/h3-9,15H,1H3. The first-order chi connectivity index (χ1) is 9.86. The topological polar surface area (TPSA) is 38.5 Å². The molecule has 21 heavy (non-hydrogen) atoms. The van der Waals surface area contributed by atoms with Crippen LogP contribution in [0, 0.1) is 19.3 Å². The van der Waals surface area contributed by atoms with Crippen LogP contribution in [0.3, 0.4) is 0 Å². The molecular weight excluding hydrogens is 313 g/mol. The summed E-state index contributed by atoms with van der Waals surface area (Å²) in [6.07, 6.45) is 0. The first kappa shape index (κ1) is 15.5. The van der Waals surface area contributed by atoms with Crippen molar-refractivity contribution in [1.29, 1.82) is 0 Å². The number of halogens is 2. The summed E-state index contributed by atoms with van der Waals surface area (Å²) in [5.41, 5.74) is 0.988. The van der Waals surface area contributed by atoms with Crippen LogP contribution >= 0.6 is 11.6 Å². The van der Waals surface area contributed by atoms with E-state index in [4.69, 9.17) is 18.2 Å². The highest BCUT2D eigenvalue weighted by molar-refractivity contribution is 7.91. The molecule has 3 nitrogen and oxygen atoms in total. The van der Waals surface area contributed by atoms with Gasteiger partial charge in [-0.1, -0.05) is 29.3 Å². The lowest BCUT2D eigenvalue weighted by molar-refractivity contribution is 0.589. The van der Waals surface area contributed by atoms with Crippen LogP contribution < -0.4 is 0 Å². The molecule has 0 aromatic heterocycles. The predicted molar refractivity (Wildman–Crippen MR) is 79.1 cm³/mol. The maximum atomic E-state index is 13.1. The molecule has 1 atom stereocenters. The van der Waals surface area contributed by atoms with Crippen LogP contribution in [-0.2, 0) is 9.84 Å². The number of hydrogen-bond donors (Lipinski definition) is 0. The maximum absolute atomic E-state index is 13.1. The molecule has 0 radical (unpaired) electrons. The molecule has 0 aliphatic carbocycles. The van der Waals surface area contributed by atoms with Crippen molar-refractivity contribution < 1.29 is 12.8 Å². The summed E-state index contributed by atoms with van der Waals surface area (Å²) < 4.78 is 38.2. The van der Waals surface area contributed by atoms with Crippen molar-refractivity contribution in [2.24, 2.45) is 0 Å². The minimum atomic E-state index is -3.92. The Morgan fingerprint density at radius 1 is 1.19 bits per heavy atom. The Bertz CT molecular complexity index is 811. The Morgan fingerprint density at radius 2 is 1.81 bits per heavy atom. The van der Waals surface area contributed by atoms with Crippen molar-refractivity contribution in [3.05, 3.63) is 75.8 Å². The van der Waals surface area contributed by atoms with Gasteiger partial charge in [-0.2, -0.15) is 0 Å². The van der Waals surface area contributed by atoms with Crippen LogP contribution in [0.15, 0.2) is 47.4 Å². The molecule has 0 aliphatic heterocycles. The maximum Gasteiger partial charge on any atom is 0.351 e. The molecule has 0 spiro atoms. The van der Waals surface area contributed by atoms with Crippen LogP contribution in [-0.4, -0.2) is 8.42 Å². The summed E-state index contributed by atoms with van der Waals surface area (Å²) in [5, 5.41) is -1.57. The number of benzene rings is 2. The quantitative estimate of drug-likeness (QED) is 0.795. The second-order valence-electron chi connectivity index (χ2n) is 4.51. The zero-order valence-electron chi connectivity index (χ0n) is 11.0. The van der Waals surface area contributed by atoms with Gasteiger partial charge in [0.2, 0.25) is 0 Å². The number of rotatable bonds is 3. The number of nitrogens with zero attached hydrogens (tertiary/aromatic N) is 1. The van der Waals surface area contributed by atoms with Gasteiger partial charge in [0.05, 0.1) is 15.5 Å². The van der Waals surface area contributed by atoms with Crippen molar-refractivity contribution in [1.82, 2.24) is 0 Å². The van der Waals surface area contributed by atoms with E-state index in [1.54, 1.807) is 12.1 Å². The Labute approximate surface area is 127 Å². The van der Waals surface area contributed by atoms with Crippen LogP contribution in [0.25, 0.3) is 4.85 Å². The molecule has 0 heterocycles. The van der Waals surface area contributed by atoms with Gasteiger partial charge in [-0.25, -0.2) is 19.4 Å². The molecule has 1 unspecified atom stereocenters. The zero-order valence-corrected chi connectivity index (χ0v) is 12.6. The van der Waals surface area contributed by atoms with Crippen LogP contribution in [0.5, 0.6) is 0 Å². The highest BCUT2D eigenvalue weighted by Gasteiger charge is 2.36. The van der Waals surface area contributed by atoms with Crippen molar-refractivity contribution in [3.63, 3.8) is 0 Å². The summed E-state index contributed by atoms with van der Waals surface area (Å²) in [5.74, 6) is -0.583. The van der Waals surface area contributed by atoms with Gasteiger partial charge in [-0.05, 0) is 37.3 Å². The first-order valence-corrected chi connectivity index (χ1v) is 7.91. The predicted octanol–water partition coefficient (Wildman–Crippen LogP) is 4.18. The van der Waals surface area contributed by atoms with Crippen LogP contribution in [0.4, 0.5) is 4.39 Å². The molecule has 0 saturated carbocycles. The molecule has 6 heteroatoms. The van der Waals surface area contributed by atoms with E-state index in [1.165, 1.54) is 18.2 Å². The smallest absolute Gasteiger partial charge is 0.291 e. The largest absolute Gasteiger partial charge is 0.351 e. The van der Waals surface area contributed by atoms with E-state index in [2.05, 4.69) is 4.85 Å². The first-order valence-electron chi connectivity index (χ1n) is 5.98. The molecule has 2 aromatic carbocycles. The lowest BCUT2D eigenvalue weighted by Gasteiger charge is -2.09. The van der Waals surface area contributed by atoms with E-state index in [1.807, 2.05) is 6.92 Å².